The molecule has 28 heavy (non-hydrogen) atoms. The topological polar surface area (TPSA) is 152 Å². The molecule has 4 rings (SSSR count). The maximum absolute atomic E-state index is 12.4. The van der Waals surface area contributed by atoms with E-state index in [4.69, 9.17) is 20.1 Å². The molecule has 1 aromatic carbocycles. The smallest absolute Gasteiger partial charge is 0.363 e. The summed E-state index contributed by atoms with van der Waals surface area (Å²) in [4.78, 5) is 58.3. The number of fused-ring (bicyclic) bond motifs is 1. The molecule has 0 aromatic heterocycles. The van der Waals surface area contributed by atoms with Gasteiger partial charge < -0.3 is 25.3 Å². The monoisotopic (exact) mass is 391 g/mol. The van der Waals surface area contributed by atoms with Crippen LogP contribution in [0.15, 0.2) is 18.2 Å². The minimum Gasteiger partial charge on any atom is -0.399 e. The van der Waals surface area contributed by atoms with Crippen molar-refractivity contribution >= 4 is 29.4 Å². The number of hydrogen-bond donors (Lipinski definition) is 2. The number of piperidine rings is 1. The molecule has 0 saturated carbocycles. The molecule has 11 heteroatoms. The van der Waals surface area contributed by atoms with Crippen LogP contribution < -0.4 is 5.73 Å². The molecule has 3 aliphatic heterocycles. The van der Waals surface area contributed by atoms with E-state index in [9.17, 15) is 24.3 Å². The second-order valence-electron chi connectivity index (χ2n) is 6.66. The van der Waals surface area contributed by atoms with Crippen molar-refractivity contribution in [2.45, 2.75) is 44.2 Å². The number of amides is 2. The lowest BCUT2D eigenvalue weighted by atomic mass is 10.1. The highest BCUT2D eigenvalue weighted by atomic mass is 16.8. The summed E-state index contributed by atoms with van der Waals surface area (Å²) in [7, 11) is 0. The Hall–Kier alpha value is -3.18. The highest BCUT2D eigenvalue weighted by molar-refractivity contribution is 5.97. The van der Waals surface area contributed by atoms with Crippen molar-refractivity contribution in [1.29, 1.82) is 0 Å². The lowest BCUT2D eigenvalue weighted by Gasteiger charge is -2.22. The van der Waals surface area contributed by atoms with E-state index in [1.165, 1.54) is 12.1 Å². The Balaban J connectivity index is 1.48. The van der Waals surface area contributed by atoms with E-state index in [1.54, 1.807) is 0 Å². The summed E-state index contributed by atoms with van der Waals surface area (Å²) in [6.07, 6.45) is -0.966. The SMILES string of the molecule is Nc1cc(C(=O)ON2C(=O)CCC2O)cc(C(=O)ON2C(=O)CCC3OC32)c1. The van der Waals surface area contributed by atoms with E-state index in [2.05, 4.69) is 0 Å². The summed E-state index contributed by atoms with van der Waals surface area (Å²) in [6.45, 7) is 0. The van der Waals surface area contributed by atoms with Gasteiger partial charge in [-0.25, -0.2) is 9.59 Å². The first kappa shape index (κ1) is 18.2. The molecule has 3 N–H and O–H groups in total. The number of rotatable bonds is 4. The van der Waals surface area contributed by atoms with Gasteiger partial charge in [-0.1, -0.05) is 0 Å². The van der Waals surface area contributed by atoms with Crippen molar-refractivity contribution in [3.05, 3.63) is 29.3 Å². The number of benzene rings is 1. The summed E-state index contributed by atoms with van der Waals surface area (Å²) < 4.78 is 5.25. The number of aliphatic hydroxyl groups excluding tert-OH is 1. The van der Waals surface area contributed by atoms with Crippen molar-refractivity contribution in [3.63, 3.8) is 0 Å². The maximum atomic E-state index is 12.4. The first-order valence-corrected chi connectivity index (χ1v) is 8.66. The number of nitrogens with two attached hydrogens (primary N) is 1. The van der Waals surface area contributed by atoms with Crippen LogP contribution in [0.25, 0.3) is 0 Å². The van der Waals surface area contributed by atoms with Gasteiger partial charge in [0.2, 0.25) is 0 Å². The number of nitrogens with zero attached hydrogens (tertiary/aromatic N) is 2. The Morgan fingerprint density at radius 1 is 1.00 bits per heavy atom. The number of epoxide rings is 1. The minimum atomic E-state index is -1.22. The van der Waals surface area contributed by atoms with E-state index in [1.807, 2.05) is 0 Å². The van der Waals surface area contributed by atoms with Crippen LogP contribution in [0.4, 0.5) is 5.69 Å². The summed E-state index contributed by atoms with van der Waals surface area (Å²) in [5.74, 6) is -2.79. The van der Waals surface area contributed by atoms with Crippen LogP contribution in [0, 0.1) is 0 Å². The average Bonchev–Trinajstić information content (AvgIpc) is 3.39. The molecule has 3 aliphatic rings. The Morgan fingerprint density at radius 2 is 1.57 bits per heavy atom. The molecule has 3 unspecified atom stereocenters. The van der Waals surface area contributed by atoms with Crippen molar-refractivity contribution in [2.24, 2.45) is 0 Å². The minimum absolute atomic E-state index is 0.0526. The van der Waals surface area contributed by atoms with E-state index < -0.39 is 30.3 Å². The van der Waals surface area contributed by atoms with Gasteiger partial charge in [-0.05, 0) is 24.6 Å². The molecule has 3 saturated heterocycles. The molecule has 0 aliphatic carbocycles. The number of aliphatic hydroxyl groups is 1. The molecule has 11 nitrogen and oxygen atoms in total. The number of ether oxygens (including phenoxy) is 1. The zero-order chi connectivity index (χ0) is 20.0. The van der Waals surface area contributed by atoms with E-state index >= 15 is 0 Å². The number of hydroxylamine groups is 4. The third-order valence-electron chi connectivity index (χ3n) is 4.60. The average molecular weight is 391 g/mol. The first-order valence-electron chi connectivity index (χ1n) is 8.66. The van der Waals surface area contributed by atoms with Crippen LogP contribution in [0.1, 0.15) is 46.4 Å². The molecule has 3 heterocycles. The van der Waals surface area contributed by atoms with Crippen LogP contribution in [0.2, 0.25) is 0 Å². The quantitative estimate of drug-likeness (QED) is 0.520. The Morgan fingerprint density at radius 3 is 2.18 bits per heavy atom. The molecule has 148 valence electrons. The summed E-state index contributed by atoms with van der Waals surface area (Å²) in [5.41, 5.74) is 5.60. The van der Waals surface area contributed by atoms with Crippen LogP contribution in [0.3, 0.4) is 0 Å². The van der Waals surface area contributed by atoms with Gasteiger partial charge in [-0.15, -0.1) is 10.1 Å². The van der Waals surface area contributed by atoms with Crippen molar-refractivity contribution < 1.29 is 38.7 Å². The lowest BCUT2D eigenvalue weighted by Crippen LogP contribution is -2.40. The van der Waals surface area contributed by atoms with Crippen LogP contribution in [0.5, 0.6) is 0 Å². The molecule has 1 aromatic rings. The van der Waals surface area contributed by atoms with Crippen molar-refractivity contribution in [3.8, 4) is 0 Å². The Kier molecular flexibility index (Phi) is 4.40. The third-order valence-corrected chi connectivity index (χ3v) is 4.60. The molecule has 3 fully saturated rings. The number of carbonyl (C=O) groups excluding carboxylic acids is 4. The number of nitrogen functional groups attached to an aromatic ring is 1. The zero-order valence-electron chi connectivity index (χ0n) is 14.6. The predicted octanol–water partition coefficient (Wildman–Crippen LogP) is -0.300. The summed E-state index contributed by atoms with van der Waals surface area (Å²) in [6, 6.07) is 3.68. The standard InChI is InChI=1S/C17H17N3O8/c18-10-6-8(16(24)27-19-12(21)3-4-13(19)22)5-9(7-10)17(25)28-20-14(23)2-1-11-15(20)26-11/h5-7,11-12,15,21H,1-4,18H2. The van der Waals surface area contributed by atoms with Gasteiger partial charge in [-0.2, -0.15) is 0 Å². The van der Waals surface area contributed by atoms with Gasteiger partial charge in [0.1, 0.15) is 6.10 Å². The largest absolute Gasteiger partial charge is 0.399 e. The van der Waals surface area contributed by atoms with E-state index in [0.717, 1.165) is 11.1 Å². The fraction of sp³-hybridized carbons (Fsp3) is 0.412. The summed E-state index contributed by atoms with van der Waals surface area (Å²) in [5, 5.41) is 11.1. The number of anilines is 1. The Labute approximate surface area is 158 Å². The van der Waals surface area contributed by atoms with Crippen LogP contribution in [-0.2, 0) is 24.0 Å². The van der Waals surface area contributed by atoms with Gasteiger partial charge in [0.15, 0.2) is 12.5 Å². The van der Waals surface area contributed by atoms with Crippen molar-refractivity contribution in [2.75, 3.05) is 5.73 Å². The molecular formula is C17H17N3O8. The zero-order valence-corrected chi connectivity index (χ0v) is 14.6. The highest BCUT2D eigenvalue weighted by Crippen LogP contribution is 2.35. The second kappa shape index (κ2) is 6.77. The first-order chi connectivity index (χ1) is 13.3. The normalized spacial score (nSPS) is 26.1. The molecule has 2 amide bonds. The molecular weight excluding hydrogens is 374 g/mol. The maximum Gasteiger partial charge on any atom is 0.363 e. The third kappa shape index (κ3) is 3.37. The summed E-state index contributed by atoms with van der Waals surface area (Å²) >= 11 is 0. The predicted molar refractivity (Wildman–Crippen MR) is 88.5 cm³/mol. The van der Waals surface area contributed by atoms with Crippen LogP contribution >= 0.6 is 0 Å². The lowest BCUT2D eigenvalue weighted by molar-refractivity contribution is -0.191. The van der Waals surface area contributed by atoms with Gasteiger partial charge in [0.05, 0.1) is 11.1 Å². The molecule has 0 bridgehead atoms. The van der Waals surface area contributed by atoms with Crippen molar-refractivity contribution in [1.82, 2.24) is 10.1 Å². The highest BCUT2D eigenvalue weighted by Gasteiger charge is 2.52. The van der Waals surface area contributed by atoms with Gasteiger partial charge in [-0.3, -0.25) is 9.59 Å². The number of hydrogen-bond acceptors (Lipinski definition) is 9. The van der Waals surface area contributed by atoms with E-state index in [-0.39, 0.29) is 48.1 Å². The Bertz CT molecular complexity index is 872. The van der Waals surface area contributed by atoms with E-state index in [0.29, 0.717) is 11.5 Å². The molecule has 0 radical (unpaired) electrons. The molecule has 3 atom stereocenters. The van der Waals surface area contributed by atoms with Gasteiger partial charge in [0.25, 0.3) is 11.8 Å². The second-order valence-corrected chi connectivity index (χ2v) is 6.66. The fourth-order valence-electron chi connectivity index (χ4n) is 3.10. The van der Waals surface area contributed by atoms with Gasteiger partial charge in [0, 0.05) is 24.9 Å². The van der Waals surface area contributed by atoms with Crippen LogP contribution in [-0.4, -0.2) is 57.5 Å². The van der Waals surface area contributed by atoms with Gasteiger partial charge >= 0.3 is 11.9 Å². The fourth-order valence-corrected chi connectivity index (χ4v) is 3.10. The molecule has 0 spiro atoms. The number of carbonyl (C=O) groups is 4.